The van der Waals surface area contributed by atoms with Crippen LogP contribution in [0.1, 0.15) is 18.4 Å². The molecule has 1 fully saturated rings. The Morgan fingerprint density at radius 2 is 2.17 bits per heavy atom. The molecule has 5 nitrogen and oxygen atoms in total. The van der Waals surface area contributed by atoms with E-state index in [1.54, 1.807) is 6.20 Å². The van der Waals surface area contributed by atoms with Gasteiger partial charge in [0.05, 0.1) is 10.9 Å². The molecule has 126 valence electrons. The average molecular weight is 345 g/mol. The van der Waals surface area contributed by atoms with E-state index in [4.69, 9.17) is 17.3 Å². The number of hydrogen-bond acceptors (Lipinski definition) is 4. The standard InChI is InChI=1S/C18H21ClN4O/c19-15-7-8-17(22-11-15)21-10-13-4-1-2-6-16(13)23-9-3-5-14(12-23)18(20)24/h1-2,4,6-8,11,14H,3,5,9-10,12H2,(H2,20,24)(H,21,22)/t14-/m1/s1. The third-order valence-corrected chi connectivity index (χ3v) is 4.57. The SMILES string of the molecule is NC(=O)[C@@H]1CCCN(c2ccccc2CNc2ccc(Cl)cn2)C1. The topological polar surface area (TPSA) is 71.2 Å². The number of nitrogens with zero attached hydrogens (tertiary/aromatic N) is 2. The van der Waals surface area contributed by atoms with Crippen LogP contribution in [-0.4, -0.2) is 24.0 Å². The Kier molecular flexibility index (Phi) is 5.20. The zero-order valence-electron chi connectivity index (χ0n) is 13.4. The highest BCUT2D eigenvalue weighted by Gasteiger charge is 2.25. The first-order valence-corrected chi connectivity index (χ1v) is 8.49. The highest BCUT2D eigenvalue weighted by molar-refractivity contribution is 6.30. The molecule has 0 bridgehead atoms. The summed E-state index contributed by atoms with van der Waals surface area (Å²) in [6.07, 6.45) is 3.48. The van der Waals surface area contributed by atoms with Gasteiger partial charge in [0.15, 0.2) is 0 Å². The van der Waals surface area contributed by atoms with Gasteiger partial charge in [-0.25, -0.2) is 4.98 Å². The van der Waals surface area contributed by atoms with Crippen molar-refractivity contribution in [2.75, 3.05) is 23.3 Å². The van der Waals surface area contributed by atoms with Crippen molar-refractivity contribution in [3.63, 3.8) is 0 Å². The number of para-hydroxylation sites is 1. The van der Waals surface area contributed by atoms with Crippen molar-refractivity contribution in [1.29, 1.82) is 0 Å². The van der Waals surface area contributed by atoms with Crippen LogP contribution in [-0.2, 0) is 11.3 Å². The van der Waals surface area contributed by atoms with Crippen molar-refractivity contribution in [3.05, 3.63) is 53.2 Å². The van der Waals surface area contributed by atoms with E-state index in [2.05, 4.69) is 27.3 Å². The highest BCUT2D eigenvalue weighted by atomic mass is 35.5. The Morgan fingerprint density at radius 3 is 2.92 bits per heavy atom. The van der Waals surface area contributed by atoms with E-state index in [9.17, 15) is 4.79 Å². The number of carbonyl (C=O) groups is 1. The molecule has 1 aromatic carbocycles. The van der Waals surface area contributed by atoms with Crippen LogP contribution in [0.3, 0.4) is 0 Å². The van der Waals surface area contributed by atoms with Crippen LogP contribution < -0.4 is 16.0 Å². The maximum atomic E-state index is 11.5. The normalized spacial score (nSPS) is 17.5. The summed E-state index contributed by atoms with van der Waals surface area (Å²) in [5.41, 5.74) is 7.80. The van der Waals surface area contributed by atoms with Gasteiger partial charge in [0.2, 0.25) is 5.91 Å². The fourth-order valence-corrected chi connectivity index (χ4v) is 3.17. The summed E-state index contributed by atoms with van der Waals surface area (Å²) in [7, 11) is 0. The minimum atomic E-state index is -0.208. The maximum absolute atomic E-state index is 11.5. The van der Waals surface area contributed by atoms with Gasteiger partial charge in [0, 0.05) is 31.5 Å². The lowest BCUT2D eigenvalue weighted by molar-refractivity contribution is -0.122. The number of pyridine rings is 1. The van der Waals surface area contributed by atoms with Crippen molar-refractivity contribution in [3.8, 4) is 0 Å². The fraction of sp³-hybridized carbons (Fsp3) is 0.333. The summed E-state index contributed by atoms with van der Waals surface area (Å²) in [6, 6.07) is 11.9. The second-order valence-corrected chi connectivity index (χ2v) is 6.47. The number of benzene rings is 1. The van der Waals surface area contributed by atoms with E-state index in [-0.39, 0.29) is 11.8 Å². The smallest absolute Gasteiger partial charge is 0.222 e. The predicted molar refractivity (Wildman–Crippen MR) is 97.1 cm³/mol. The van der Waals surface area contributed by atoms with Gasteiger partial charge in [-0.05, 0) is 36.6 Å². The number of nitrogens with two attached hydrogens (primary N) is 1. The summed E-state index contributed by atoms with van der Waals surface area (Å²) >= 11 is 5.86. The lowest BCUT2D eigenvalue weighted by Crippen LogP contribution is -2.41. The zero-order valence-corrected chi connectivity index (χ0v) is 14.2. The molecule has 1 amide bonds. The third-order valence-electron chi connectivity index (χ3n) is 4.34. The Morgan fingerprint density at radius 1 is 1.33 bits per heavy atom. The summed E-state index contributed by atoms with van der Waals surface area (Å²) in [5.74, 6) is 0.501. The molecule has 3 N–H and O–H groups in total. The molecule has 0 spiro atoms. The molecule has 2 aromatic rings. The molecule has 1 atom stereocenters. The molecule has 1 aromatic heterocycles. The Hall–Kier alpha value is -2.27. The Labute approximate surface area is 146 Å². The number of anilines is 2. The largest absolute Gasteiger partial charge is 0.370 e. The summed E-state index contributed by atoms with van der Waals surface area (Å²) < 4.78 is 0. The summed E-state index contributed by atoms with van der Waals surface area (Å²) in [4.78, 5) is 18.0. The van der Waals surface area contributed by atoms with Gasteiger partial charge in [0.1, 0.15) is 5.82 Å². The molecule has 2 heterocycles. The quantitative estimate of drug-likeness (QED) is 0.874. The van der Waals surface area contributed by atoms with Crippen LogP contribution >= 0.6 is 11.6 Å². The molecule has 3 rings (SSSR count). The lowest BCUT2D eigenvalue weighted by Gasteiger charge is -2.34. The number of rotatable bonds is 5. The Balaban J connectivity index is 1.72. The van der Waals surface area contributed by atoms with Crippen LogP contribution in [0.4, 0.5) is 11.5 Å². The summed E-state index contributed by atoms with van der Waals surface area (Å²) in [5, 5.41) is 3.93. The number of primary amides is 1. The van der Waals surface area contributed by atoms with E-state index < -0.39 is 0 Å². The second-order valence-electron chi connectivity index (χ2n) is 6.03. The first-order valence-electron chi connectivity index (χ1n) is 8.11. The maximum Gasteiger partial charge on any atom is 0.222 e. The van der Waals surface area contributed by atoms with Crippen LogP contribution in [0, 0.1) is 5.92 Å². The van der Waals surface area contributed by atoms with E-state index in [0.29, 0.717) is 18.1 Å². The molecule has 1 aliphatic heterocycles. The van der Waals surface area contributed by atoms with Gasteiger partial charge in [-0.15, -0.1) is 0 Å². The van der Waals surface area contributed by atoms with Crippen molar-refractivity contribution < 1.29 is 4.79 Å². The molecular formula is C18H21ClN4O. The predicted octanol–water partition coefficient (Wildman–Crippen LogP) is 3.05. The van der Waals surface area contributed by atoms with Gasteiger partial charge < -0.3 is 16.0 Å². The van der Waals surface area contributed by atoms with Gasteiger partial charge >= 0.3 is 0 Å². The molecule has 6 heteroatoms. The van der Waals surface area contributed by atoms with Gasteiger partial charge in [-0.1, -0.05) is 29.8 Å². The molecular weight excluding hydrogens is 324 g/mol. The van der Waals surface area contributed by atoms with E-state index >= 15 is 0 Å². The molecule has 0 radical (unpaired) electrons. The summed E-state index contributed by atoms with van der Waals surface area (Å²) in [6.45, 7) is 2.29. The molecule has 1 saturated heterocycles. The van der Waals surface area contributed by atoms with Crippen LogP contribution in [0.2, 0.25) is 5.02 Å². The molecule has 1 aliphatic rings. The molecule has 0 unspecified atom stereocenters. The molecule has 24 heavy (non-hydrogen) atoms. The first kappa shape index (κ1) is 16.6. The van der Waals surface area contributed by atoms with Crippen LogP contribution in [0.15, 0.2) is 42.6 Å². The van der Waals surface area contributed by atoms with E-state index in [0.717, 1.165) is 30.9 Å². The van der Waals surface area contributed by atoms with Crippen LogP contribution in [0.25, 0.3) is 0 Å². The minimum Gasteiger partial charge on any atom is -0.370 e. The number of aromatic nitrogens is 1. The Bertz CT molecular complexity index is 704. The van der Waals surface area contributed by atoms with E-state index in [1.807, 2.05) is 24.3 Å². The zero-order chi connectivity index (χ0) is 16.9. The van der Waals surface area contributed by atoms with E-state index in [1.165, 1.54) is 5.56 Å². The van der Waals surface area contributed by atoms with Gasteiger partial charge in [-0.2, -0.15) is 0 Å². The van der Waals surface area contributed by atoms with Crippen LogP contribution in [0.5, 0.6) is 0 Å². The number of hydrogen-bond donors (Lipinski definition) is 2. The average Bonchev–Trinajstić information content (AvgIpc) is 2.61. The lowest BCUT2D eigenvalue weighted by atomic mass is 9.96. The third kappa shape index (κ3) is 3.97. The van der Waals surface area contributed by atoms with Crippen molar-refractivity contribution in [1.82, 2.24) is 4.98 Å². The number of piperidine rings is 1. The van der Waals surface area contributed by atoms with Gasteiger partial charge in [0.25, 0.3) is 0 Å². The number of halogens is 1. The number of nitrogens with one attached hydrogen (secondary N) is 1. The van der Waals surface area contributed by atoms with Crippen molar-refractivity contribution in [2.45, 2.75) is 19.4 Å². The second kappa shape index (κ2) is 7.53. The monoisotopic (exact) mass is 344 g/mol. The number of carbonyl (C=O) groups excluding carboxylic acids is 1. The number of amides is 1. The first-order chi connectivity index (χ1) is 11.6. The van der Waals surface area contributed by atoms with Crippen molar-refractivity contribution in [2.24, 2.45) is 11.7 Å². The van der Waals surface area contributed by atoms with Crippen molar-refractivity contribution >= 4 is 29.0 Å². The highest BCUT2D eigenvalue weighted by Crippen LogP contribution is 2.27. The molecule has 0 aliphatic carbocycles. The van der Waals surface area contributed by atoms with Gasteiger partial charge in [-0.3, -0.25) is 4.79 Å². The molecule has 0 saturated carbocycles. The minimum absolute atomic E-state index is 0.0716. The fourth-order valence-electron chi connectivity index (χ4n) is 3.06.